The Morgan fingerprint density at radius 2 is 1.68 bits per heavy atom. The van der Waals surface area contributed by atoms with E-state index < -0.39 is 48.5 Å². The first-order chi connectivity index (χ1) is 18.9. The summed E-state index contributed by atoms with van der Waals surface area (Å²) in [6, 6.07) is 11.3. The molecule has 4 amide bonds. The van der Waals surface area contributed by atoms with Crippen LogP contribution in [0.1, 0.15) is 49.2 Å². The first kappa shape index (κ1) is 34.9. The van der Waals surface area contributed by atoms with Crippen LogP contribution in [0, 0.1) is 5.41 Å². The van der Waals surface area contributed by atoms with Crippen molar-refractivity contribution in [3.63, 3.8) is 0 Å². The molecule has 10 nitrogen and oxygen atoms in total. The molecule has 2 aromatic carbocycles. The van der Waals surface area contributed by atoms with Gasteiger partial charge in [0.25, 0.3) is 11.8 Å². The van der Waals surface area contributed by atoms with Gasteiger partial charge in [-0.05, 0) is 35.3 Å². The molecule has 41 heavy (non-hydrogen) atoms. The second-order valence-electron chi connectivity index (χ2n) is 9.94. The summed E-state index contributed by atoms with van der Waals surface area (Å²) in [7, 11) is 0. The number of amides is 4. The topological polar surface area (TPSA) is 168 Å². The number of anilines is 1. The van der Waals surface area contributed by atoms with Crippen molar-refractivity contribution in [2.75, 3.05) is 12.3 Å². The van der Waals surface area contributed by atoms with Crippen molar-refractivity contribution >= 4 is 40.9 Å². The number of carbonyl (C=O) groups is 4. The SMILES string of the molecule is C=CC(=O)N(CC(O)C(F)(F)F)NC(=O)C(NC(=O)CC(C)(C)C)c1ccccc1.NC(=O)c1ccc(N)c(Cl)c1. The summed E-state index contributed by atoms with van der Waals surface area (Å²) in [6.07, 6.45) is -7.10. The molecule has 0 aliphatic heterocycles. The summed E-state index contributed by atoms with van der Waals surface area (Å²) in [5, 5.41) is 12.5. The van der Waals surface area contributed by atoms with E-state index in [1.54, 1.807) is 36.4 Å². The summed E-state index contributed by atoms with van der Waals surface area (Å²) in [5.41, 5.74) is 13.2. The molecule has 2 rings (SSSR count). The highest BCUT2D eigenvalue weighted by Gasteiger charge is 2.40. The number of aliphatic hydroxyl groups excluding tert-OH is 1. The smallest absolute Gasteiger partial charge is 0.398 e. The quantitative estimate of drug-likeness (QED) is 0.177. The van der Waals surface area contributed by atoms with E-state index in [0.29, 0.717) is 32.9 Å². The normalized spacial score (nSPS) is 12.6. The lowest BCUT2D eigenvalue weighted by Crippen LogP contribution is -2.54. The van der Waals surface area contributed by atoms with Gasteiger partial charge in [-0.15, -0.1) is 0 Å². The maximum absolute atomic E-state index is 12.8. The van der Waals surface area contributed by atoms with Crippen molar-refractivity contribution in [3.05, 3.63) is 77.3 Å². The van der Waals surface area contributed by atoms with Crippen molar-refractivity contribution in [3.8, 4) is 0 Å². The summed E-state index contributed by atoms with van der Waals surface area (Å²) < 4.78 is 38.1. The van der Waals surface area contributed by atoms with Gasteiger partial charge in [0.2, 0.25) is 11.8 Å². The molecule has 0 radical (unpaired) electrons. The molecule has 2 unspecified atom stereocenters. The van der Waals surface area contributed by atoms with Crippen LogP contribution in [0.2, 0.25) is 5.02 Å². The lowest BCUT2D eigenvalue weighted by atomic mass is 9.91. The standard InChI is InChI=1S/C20H26F3N3O4.C7H7ClN2O/c1-5-16(29)26(12-14(27)20(21,22)23)25-18(30)17(13-9-7-6-8-10-13)24-15(28)11-19(2,3)4;8-5-3-4(7(10)11)1-2-6(5)9/h5-10,14,17,27H,1,11-12H2,2-4H3,(H,24,28)(H,25,30);1-3H,9H2,(H2,10,11). The number of halogens is 4. The van der Waals surface area contributed by atoms with Crippen LogP contribution in [-0.2, 0) is 14.4 Å². The number of alkyl halides is 3. The Labute approximate surface area is 240 Å². The zero-order valence-corrected chi connectivity index (χ0v) is 23.4. The van der Waals surface area contributed by atoms with E-state index in [1.165, 1.54) is 12.1 Å². The average molecular weight is 600 g/mol. The number of hydrogen-bond donors (Lipinski definition) is 5. The van der Waals surface area contributed by atoms with Crippen LogP contribution in [0.5, 0.6) is 0 Å². The number of nitrogens with two attached hydrogens (primary N) is 2. The second kappa shape index (κ2) is 15.1. The molecule has 0 saturated heterocycles. The van der Waals surface area contributed by atoms with Crippen LogP contribution in [0.15, 0.2) is 61.2 Å². The van der Waals surface area contributed by atoms with E-state index in [0.717, 1.165) is 0 Å². The highest BCUT2D eigenvalue weighted by Crippen LogP contribution is 2.22. The van der Waals surface area contributed by atoms with Gasteiger partial charge in [-0.3, -0.25) is 24.6 Å². The Hall–Kier alpha value is -4.10. The number of carbonyl (C=O) groups excluding carboxylic acids is 4. The third kappa shape index (κ3) is 12.3. The third-order valence-electron chi connectivity index (χ3n) is 5.10. The van der Waals surface area contributed by atoms with Gasteiger partial charge in [0.1, 0.15) is 6.04 Å². The molecular weight excluding hydrogens is 567 g/mol. The number of hydrazine groups is 1. The van der Waals surface area contributed by atoms with Crippen LogP contribution in [0.4, 0.5) is 18.9 Å². The Bertz CT molecular complexity index is 1240. The minimum absolute atomic E-state index is 0.0890. The van der Waals surface area contributed by atoms with Gasteiger partial charge in [-0.25, -0.2) is 5.01 Å². The molecule has 7 N–H and O–H groups in total. The van der Waals surface area contributed by atoms with Crippen LogP contribution in [0.25, 0.3) is 0 Å². The minimum atomic E-state index is -5.00. The maximum Gasteiger partial charge on any atom is 0.416 e. The maximum atomic E-state index is 12.8. The Morgan fingerprint density at radius 3 is 2.15 bits per heavy atom. The van der Waals surface area contributed by atoms with Crippen molar-refractivity contribution in [1.82, 2.24) is 15.8 Å². The number of rotatable bonds is 8. The number of primary amides is 1. The van der Waals surface area contributed by atoms with Gasteiger partial charge < -0.3 is 21.9 Å². The largest absolute Gasteiger partial charge is 0.416 e. The fourth-order valence-electron chi connectivity index (χ4n) is 3.09. The van der Waals surface area contributed by atoms with Crippen molar-refractivity contribution < 1.29 is 37.5 Å². The molecule has 0 bridgehead atoms. The first-order valence-corrected chi connectivity index (χ1v) is 12.4. The zero-order chi connectivity index (χ0) is 31.5. The van der Waals surface area contributed by atoms with E-state index in [2.05, 4.69) is 11.9 Å². The number of aliphatic hydroxyl groups is 1. The number of nitrogens with zero attached hydrogens (tertiary/aromatic N) is 1. The fourth-order valence-corrected chi connectivity index (χ4v) is 3.28. The molecule has 2 atom stereocenters. The summed E-state index contributed by atoms with van der Waals surface area (Å²) >= 11 is 5.63. The molecule has 0 saturated carbocycles. The van der Waals surface area contributed by atoms with E-state index >= 15 is 0 Å². The minimum Gasteiger partial charge on any atom is -0.398 e. The first-order valence-electron chi connectivity index (χ1n) is 12.0. The number of nitrogen functional groups attached to an aromatic ring is 1. The van der Waals surface area contributed by atoms with Gasteiger partial charge >= 0.3 is 6.18 Å². The molecule has 2 aromatic rings. The Morgan fingerprint density at radius 1 is 1.10 bits per heavy atom. The molecule has 0 aliphatic rings. The van der Waals surface area contributed by atoms with Crippen molar-refractivity contribution in [1.29, 1.82) is 0 Å². The molecule has 0 spiro atoms. The molecule has 0 aliphatic carbocycles. The van der Waals surface area contributed by atoms with Crippen LogP contribution in [0.3, 0.4) is 0 Å². The third-order valence-corrected chi connectivity index (χ3v) is 5.42. The molecule has 224 valence electrons. The predicted octanol–water partition coefficient (Wildman–Crippen LogP) is 3.27. The van der Waals surface area contributed by atoms with E-state index in [-0.39, 0.29) is 11.8 Å². The van der Waals surface area contributed by atoms with Crippen LogP contribution >= 0.6 is 11.6 Å². The van der Waals surface area contributed by atoms with E-state index in [1.807, 2.05) is 26.2 Å². The van der Waals surface area contributed by atoms with Crippen LogP contribution < -0.4 is 22.2 Å². The highest BCUT2D eigenvalue weighted by molar-refractivity contribution is 6.33. The van der Waals surface area contributed by atoms with Crippen molar-refractivity contribution in [2.24, 2.45) is 11.1 Å². The number of benzene rings is 2. The van der Waals surface area contributed by atoms with Gasteiger partial charge in [0.15, 0.2) is 6.10 Å². The average Bonchev–Trinajstić information content (AvgIpc) is 2.87. The zero-order valence-electron chi connectivity index (χ0n) is 22.7. The molecule has 14 heteroatoms. The van der Waals surface area contributed by atoms with Crippen molar-refractivity contribution in [2.45, 2.75) is 45.5 Å². The predicted molar refractivity (Wildman–Crippen MR) is 148 cm³/mol. The van der Waals surface area contributed by atoms with Crippen LogP contribution in [-0.4, -0.2) is 52.6 Å². The van der Waals surface area contributed by atoms with Gasteiger partial charge in [-0.2, -0.15) is 13.2 Å². The molecule has 0 fully saturated rings. The number of nitrogens with one attached hydrogen (secondary N) is 2. The lowest BCUT2D eigenvalue weighted by Gasteiger charge is -2.28. The van der Waals surface area contributed by atoms with Gasteiger partial charge in [-0.1, -0.05) is 69.3 Å². The van der Waals surface area contributed by atoms with Gasteiger partial charge in [0, 0.05) is 12.0 Å². The molecular formula is C27H33ClF3N5O5. The summed E-state index contributed by atoms with van der Waals surface area (Å²) in [4.78, 5) is 47.6. The van der Waals surface area contributed by atoms with Gasteiger partial charge in [0.05, 0.1) is 17.3 Å². The molecule has 0 aromatic heterocycles. The summed E-state index contributed by atoms with van der Waals surface area (Å²) in [5.74, 6) is -2.97. The fraction of sp³-hybridized carbons (Fsp3) is 0.333. The lowest BCUT2D eigenvalue weighted by molar-refractivity contribution is -0.210. The second-order valence-corrected chi connectivity index (χ2v) is 10.3. The monoisotopic (exact) mass is 599 g/mol. The molecule has 0 heterocycles. The summed E-state index contributed by atoms with van der Waals surface area (Å²) in [6.45, 7) is 7.42. The highest BCUT2D eigenvalue weighted by atomic mass is 35.5. The van der Waals surface area contributed by atoms with E-state index in [9.17, 15) is 37.5 Å². The Balaban J connectivity index is 0.000000634. The van der Waals surface area contributed by atoms with E-state index in [4.69, 9.17) is 23.1 Å². The Kier molecular flexibility index (Phi) is 12.8. The number of hydrogen-bond acceptors (Lipinski definition) is 6.